The molecule has 136 valence electrons. The summed E-state index contributed by atoms with van der Waals surface area (Å²) in [5.74, 6) is 0.856. The van der Waals surface area contributed by atoms with Gasteiger partial charge in [-0.3, -0.25) is 4.99 Å². The number of alkyl halides is 3. The van der Waals surface area contributed by atoms with Gasteiger partial charge >= 0.3 is 6.18 Å². The highest BCUT2D eigenvalue weighted by atomic mass is 127. The fourth-order valence-electron chi connectivity index (χ4n) is 2.62. The van der Waals surface area contributed by atoms with Crippen molar-refractivity contribution in [1.29, 1.82) is 0 Å². The first-order chi connectivity index (χ1) is 10.9. The molecule has 0 bridgehead atoms. The molecule has 1 aliphatic rings. The van der Waals surface area contributed by atoms with E-state index in [0.717, 1.165) is 25.6 Å². The monoisotopic (exact) mass is 457 g/mol. The van der Waals surface area contributed by atoms with Gasteiger partial charge in [-0.2, -0.15) is 13.2 Å². The fraction of sp³-hybridized carbons (Fsp3) is 0.600. The molecule has 1 unspecified atom stereocenters. The van der Waals surface area contributed by atoms with Crippen LogP contribution in [0.4, 0.5) is 19.0 Å². The highest BCUT2D eigenvalue weighted by Crippen LogP contribution is 2.33. The summed E-state index contributed by atoms with van der Waals surface area (Å²) in [5, 5.41) is 2.67. The minimum Gasteiger partial charge on any atom is -0.370 e. The lowest BCUT2D eigenvalue weighted by Gasteiger charge is -2.31. The molecule has 9 heteroatoms. The summed E-state index contributed by atoms with van der Waals surface area (Å²) in [7, 11) is 0. The van der Waals surface area contributed by atoms with Crippen molar-refractivity contribution in [2.75, 3.05) is 31.5 Å². The number of likely N-dealkylation sites (tertiary alicyclic amines) is 1. The highest BCUT2D eigenvalue weighted by Gasteiger charge is 2.33. The third-order valence-corrected chi connectivity index (χ3v) is 3.77. The minimum atomic E-state index is -4.43. The summed E-state index contributed by atoms with van der Waals surface area (Å²) in [6, 6.07) is 2.27. The van der Waals surface area contributed by atoms with Crippen LogP contribution in [0.5, 0.6) is 0 Å². The Bertz CT molecular complexity index is 550. The van der Waals surface area contributed by atoms with Crippen molar-refractivity contribution in [1.82, 2.24) is 9.88 Å². The zero-order chi connectivity index (χ0) is 16.9. The molecule has 0 radical (unpaired) electrons. The molecule has 1 saturated heterocycles. The standard InChI is InChI=1S/C15H22F3N5.HI/c1-11-4-3-9-23(10-11)14(19)22-8-7-21-13-12(15(16,17)18)5-2-6-20-13;/h2,5-6,11H,3-4,7-10H2,1H3,(H2,19,22)(H,20,21);1H. The molecular formula is C15H23F3IN5. The predicted octanol–water partition coefficient (Wildman–Crippen LogP) is 3.18. The minimum absolute atomic E-state index is 0. The Hall–Kier alpha value is -1.26. The molecular weight excluding hydrogens is 434 g/mol. The van der Waals surface area contributed by atoms with Crippen molar-refractivity contribution in [3.63, 3.8) is 0 Å². The number of nitrogens with two attached hydrogens (primary N) is 1. The summed E-state index contributed by atoms with van der Waals surface area (Å²) < 4.78 is 38.5. The van der Waals surface area contributed by atoms with Gasteiger partial charge in [-0.25, -0.2) is 4.98 Å². The number of aromatic nitrogens is 1. The zero-order valence-electron chi connectivity index (χ0n) is 13.5. The second kappa shape index (κ2) is 9.28. The van der Waals surface area contributed by atoms with Crippen LogP contribution < -0.4 is 11.1 Å². The van der Waals surface area contributed by atoms with Crippen molar-refractivity contribution < 1.29 is 13.2 Å². The van der Waals surface area contributed by atoms with Crippen LogP contribution in [0.15, 0.2) is 23.3 Å². The molecule has 0 saturated carbocycles. The predicted molar refractivity (Wildman–Crippen MR) is 99.6 cm³/mol. The van der Waals surface area contributed by atoms with Gasteiger partial charge in [0.25, 0.3) is 0 Å². The molecule has 1 aromatic heterocycles. The van der Waals surface area contributed by atoms with Gasteiger partial charge in [0, 0.05) is 25.8 Å². The molecule has 1 aliphatic heterocycles. The van der Waals surface area contributed by atoms with Gasteiger partial charge in [0.1, 0.15) is 5.82 Å². The average Bonchev–Trinajstić information content (AvgIpc) is 2.51. The fourth-order valence-corrected chi connectivity index (χ4v) is 2.62. The molecule has 5 nitrogen and oxygen atoms in total. The van der Waals surface area contributed by atoms with E-state index in [1.807, 2.05) is 4.90 Å². The molecule has 2 heterocycles. The van der Waals surface area contributed by atoms with E-state index in [2.05, 4.69) is 22.2 Å². The van der Waals surface area contributed by atoms with E-state index in [0.29, 0.717) is 18.4 Å². The molecule has 3 N–H and O–H groups in total. The van der Waals surface area contributed by atoms with Gasteiger partial charge in [0.05, 0.1) is 12.1 Å². The Morgan fingerprint density at radius 2 is 2.25 bits per heavy atom. The first-order valence-electron chi connectivity index (χ1n) is 7.69. The van der Waals surface area contributed by atoms with Crippen LogP contribution in [-0.4, -0.2) is 42.0 Å². The van der Waals surface area contributed by atoms with Gasteiger partial charge in [-0.1, -0.05) is 6.92 Å². The molecule has 0 aliphatic carbocycles. The molecule has 24 heavy (non-hydrogen) atoms. The van der Waals surface area contributed by atoms with Crippen molar-refractivity contribution in [3.8, 4) is 0 Å². The molecule has 0 amide bonds. The molecule has 2 rings (SSSR count). The van der Waals surface area contributed by atoms with Crippen LogP contribution in [0.3, 0.4) is 0 Å². The number of hydrogen-bond acceptors (Lipinski definition) is 3. The lowest BCUT2D eigenvalue weighted by Crippen LogP contribution is -2.43. The number of rotatable bonds is 4. The second-order valence-corrected chi connectivity index (χ2v) is 5.76. The van der Waals surface area contributed by atoms with Crippen LogP contribution in [-0.2, 0) is 6.18 Å². The van der Waals surface area contributed by atoms with Gasteiger partial charge in [0.15, 0.2) is 5.96 Å². The number of nitrogens with one attached hydrogen (secondary N) is 1. The molecule has 0 spiro atoms. The number of anilines is 1. The van der Waals surface area contributed by atoms with Gasteiger partial charge in [-0.05, 0) is 30.9 Å². The molecule has 1 aromatic rings. The highest BCUT2D eigenvalue weighted by molar-refractivity contribution is 14.0. The smallest absolute Gasteiger partial charge is 0.370 e. The number of pyridine rings is 1. The lowest BCUT2D eigenvalue weighted by molar-refractivity contribution is -0.137. The van der Waals surface area contributed by atoms with Crippen molar-refractivity contribution in [2.45, 2.75) is 25.9 Å². The van der Waals surface area contributed by atoms with Gasteiger partial charge in [-0.15, -0.1) is 24.0 Å². The largest absolute Gasteiger partial charge is 0.419 e. The summed E-state index contributed by atoms with van der Waals surface area (Å²) in [5.41, 5.74) is 5.17. The number of hydrogen-bond donors (Lipinski definition) is 2. The maximum Gasteiger partial charge on any atom is 0.419 e. The topological polar surface area (TPSA) is 66.5 Å². The third kappa shape index (κ3) is 5.99. The number of nitrogens with zero attached hydrogens (tertiary/aromatic N) is 3. The SMILES string of the molecule is CC1CCCN(C(N)=NCCNc2ncccc2C(F)(F)F)C1.I. The van der Waals surface area contributed by atoms with Gasteiger partial charge in [0.2, 0.25) is 0 Å². The number of aliphatic imine (C=N–C) groups is 1. The van der Waals surface area contributed by atoms with E-state index in [1.54, 1.807) is 0 Å². The van der Waals surface area contributed by atoms with E-state index in [1.165, 1.54) is 18.7 Å². The van der Waals surface area contributed by atoms with Crippen LogP contribution >= 0.6 is 24.0 Å². The van der Waals surface area contributed by atoms with Crippen LogP contribution in [0.2, 0.25) is 0 Å². The maximum absolute atomic E-state index is 12.8. The van der Waals surface area contributed by atoms with Crippen LogP contribution in [0.25, 0.3) is 0 Å². The summed E-state index contributed by atoms with van der Waals surface area (Å²) in [6.45, 7) is 4.46. The number of halogens is 4. The average molecular weight is 457 g/mol. The first-order valence-corrected chi connectivity index (χ1v) is 7.69. The quantitative estimate of drug-likeness (QED) is 0.316. The zero-order valence-corrected chi connectivity index (χ0v) is 15.8. The third-order valence-electron chi connectivity index (χ3n) is 3.77. The van der Waals surface area contributed by atoms with E-state index in [-0.39, 0.29) is 36.3 Å². The van der Waals surface area contributed by atoms with E-state index >= 15 is 0 Å². The van der Waals surface area contributed by atoms with E-state index < -0.39 is 11.7 Å². The Kier molecular flexibility index (Phi) is 8.04. The summed E-state index contributed by atoms with van der Waals surface area (Å²) >= 11 is 0. The van der Waals surface area contributed by atoms with E-state index in [9.17, 15) is 13.2 Å². The van der Waals surface area contributed by atoms with Crippen molar-refractivity contribution in [2.24, 2.45) is 16.6 Å². The molecule has 0 aromatic carbocycles. The van der Waals surface area contributed by atoms with Crippen LogP contribution in [0.1, 0.15) is 25.3 Å². The maximum atomic E-state index is 12.8. The molecule has 1 fully saturated rings. The van der Waals surface area contributed by atoms with Gasteiger partial charge < -0.3 is 16.0 Å². The first kappa shape index (κ1) is 20.8. The Morgan fingerprint density at radius 3 is 2.92 bits per heavy atom. The molecule has 1 atom stereocenters. The second-order valence-electron chi connectivity index (χ2n) is 5.76. The Labute approximate surface area is 156 Å². The number of guanidine groups is 1. The normalized spacial score (nSPS) is 18.9. The number of piperidine rings is 1. The summed E-state index contributed by atoms with van der Waals surface area (Å²) in [4.78, 5) is 10.0. The van der Waals surface area contributed by atoms with Crippen molar-refractivity contribution >= 4 is 35.8 Å². The van der Waals surface area contributed by atoms with E-state index in [4.69, 9.17) is 5.73 Å². The summed E-state index contributed by atoms with van der Waals surface area (Å²) in [6.07, 6.45) is -0.836. The van der Waals surface area contributed by atoms with Crippen LogP contribution in [0, 0.1) is 5.92 Å². The Balaban J connectivity index is 0.00000288. The van der Waals surface area contributed by atoms with Crippen molar-refractivity contribution in [3.05, 3.63) is 23.9 Å². The Morgan fingerprint density at radius 1 is 1.50 bits per heavy atom. The lowest BCUT2D eigenvalue weighted by atomic mass is 10.0.